The molecule has 0 amide bonds. The summed E-state index contributed by atoms with van der Waals surface area (Å²) in [6.07, 6.45) is 3.59. The van der Waals surface area contributed by atoms with Gasteiger partial charge in [0.05, 0.1) is 0 Å². The highest BCUT2D eigenvalue weighted by Crippen LogP contribution is 2.34. The molecule has 0 radical (unpaired) electrons. The van der Waals surface area contributed by atoms with E-state index in [1.165, 1.54) is 25.1 Å². The molecule has 0 saturated heterocycles. The van der Waals surface area contributed by atoms with Crippen LogP contribution in [0.4, 0.5) is 0 Å². The van der Waals surface area contributed by atoms with E-state index in [2.05, 4.69) is 31.9 Å². The first-order valence-corrected chi connectivity index (χ1v) is 4.76. The van der Waals surface area contributed by atoms with Gasteiger partial charge in [-0.05, 0) is 31.9 Å². The number of rotatable bonds is 0. The van der Waals surface area contributed by atoms with Gasteiger partial charge in [0, 0.05) is 13.1 Å². The van der Waals surface area contributed by atoms with Crippen LogP contribution in [0.15, 0.2) is 22.8 Å². The normalized spacial score (nSPS) is 30.6. The molecule has 1 nitrogen and oxygen atoms in total. The minimum absolute atomic E-state index is 0.771. The molecule has 0 fully saturated rings. The molecule has 0 N–H and O–H groups in total. The highest BCUT2D eigenvalue weighted by atomic mass is 15.1. The van der Waals surface area contributed by atoms with E-state index in [4.69, 9.17) is 0 Å². The second-order valence-electron chi connectivity index (χ2n) is 4.19. The Labute approximate surface area is 74.8 Å². The summed E-state index contributed by atoms with van der Waals surface area (Å²) in [6, 6.07) is 0. The minimum Gasteiger partial charge on any atom is -0.302 e. The second kappa shape index (κ2) is 2.74. The summed E-state index contributed by atoms with van der Waals surface area (Å²) in [4.78, 5) is 2.42. The Balaban J connectivity index is 2.30. The number of hydrogen-bond acceptors (Lipinski definition) is 1. The maximum absolute atomic E-state index is 2.42. The maximum atomic E-state index is 2.42. The maximum Gasteiger partial charge on any atom is 0.0233 e. The molecule has 12 heavy (non-hydrogen) atoms. The molecular weight excluding hydrogens is 146 g/mol. The van der Waals surface area contributed by atoms with E-state index in [-0.39, 0.29) is 0 Å². The Bertz CT molecular complexity index is 260. The average Bonchev–Trinajstić information content (AvgIpc) is 2.33. The zero-order valence-corrected chi connectivity index (χ0v) is 8.22. The van der Waals surface area contributed by atoms with Crippen molar-refractivity contribution in [1.82, 2.24) is 4.90 Å². The molecule has 66 valence electrons. The third-order valence-electron chi connectivity index (χ3n) is 3.10. The molecular formula is C11H17N. The van der Waals surface area contributed by atoms with Crippen molar-refractivity contribution < 1.29 is 0 Å². The summed E-state index contributed by atoms with van der Waals surface area (Å²) < 4.78 is 0. The van der Waals surface area contributed by atoms with Crippen LogP contribution in [0.1, 0.15) is 20.3 Å². The van der Waals surface area contributed by atoms with E-state index in [0.717, 1.165) is 5.92 Å². The molecule has 0 aromatic rings. The number of hydrogen-bond donors (Lipinski definition) is 0. The van der Waals surface area contributed by atoms with Crippen LogP contribution in [-0.2, 0) is 0 Å². The van der Waals surface area contributed by atoms with Gasteiger partial charge < -0.3 is 4.90 Å². The lowest BCUT2D eigenvalue weighted by atomic mass is 9.91. The van der Waals surface area contributed by atoms with Crippen molar-refractivity contribution in [3.8, 4) is 0 Å². The number of likely N-dealkylation sites (N-methyl/N-ethyl adjacent to an activating group) is 1. The first-order chi connectivity index (χ1) is 5.68. The lowest BCUT2D eigenvalue weighted by Gasteiger charge is -2.30. The van der Waals surface area contributed by atoms with E-state index in [9.17, 15) is 0 Å². The van der Waals surface area contributed by atoms with Crippen molar-refractivity contribution in [2.45, 2.75) is 20.3 Å². The fraction of sp³-hybridized carbons (Fsp3) is 0.636. The Morgan fingerprint density at radius 2 is 2.25 bits per heavy atom. The van der Waals surface area contributed by atoms with Gasteiger partial charge in [0.1, 0.15) is 0 Å². The fourth-order valence-corrected chi connectivity index (χ4v) is 2.40. The molecule has 0 bridgehead atoms. The van der Waals surface area contributed by atoms with Crippen LogP contribution < -0.4 is 0 Å². The van der Waals surface area contributed by atoms with Crippen molar-refractivity contribution >= 4 is 0 Å². The van der Waals surface area contributed by atoms with Crippen molar-refractivity contribution in [3.05, 3.63) is 22.8 Å². The van der Waals surface area contributed by atoms with Crippen LogP contribution in [0, 0.1) is 5.92 Å². The summed E-state index contributed by atoms with van der Waals surface area (Å²) in [5, 5.41) is 0. The van der Waals surface area contributed by atoms with Crippen LogP contribution in [0.2, 0.25) is 0 Å². The summed E-state index contributed by atoms with van der Waals surface area (Å²) in [7, 11) is 2.21. The molecule has 1 heterocycles. The molecule has 0 saturated carbocycles. The summed E-state index contributed by atoms with van der Waals surface area (Å²) in [6.45, 7) is 6.99. The van der Waals surface area contributed by atoms with Crippen LogP contribution >= 0.6 is 0 Å². The summed E-state index contributed by atoms with van der Waals surface area (Å²) in [5.41, 5.74) is 4.84. The van der Waals surface area contributed by atoms with Gasteiger partial charge in [0.25, 0.3) is 0 Å². The van der Waals surface area contributed by atoms with Gasteiger partial charge in [-0.1, -0.05) is 24.1 Å². The van der Waals surface area contributed by atoms with Gasteiger partial charge in [-0.15, -0.1) is 0 Å². The largest absolute Gasteiger partial charge is 0.302 e. The van der Waals surface area contributed by atoms with Crippen LogP contribution in [0.25, 0.3) is 0 Å². The fourth-order valence-electron chi connectivity index (χ4n) is 2.40. The third kappa shape index (κ3) is 1.13. The van der Waals surface area contributed by atoms with Crippen LogP contribution in [0.5, 0.6) is 0 Å². The van der Waals surface area contributed by atoms with E-state index >= 15 is 0 Å². The van der Waals surface area contributed by atoms with Gasteiger partial charge in [0.15, 0.2) is 0 Å². The minimum atomic E-state index is 0.771. The Hall–Kier alpha value is -0.560. The van der Waals surface area contributed by atoms with E-state index in [1.807, 2.05) is 0 Å². The first-order valence-electron chi connectivity index (χ1n) is 4.76. The highest BCUT2D eigenvalue weighted by molar-refractivity contribution is 5.44. The highest BCUT2D eigenvalue weighted by Gasteiger charge is 2.25. The lowest BCUT2D eigenvalue weighted by Crippen LogP contribution is -2.32. The van der Waals surface area contributed by atoms with Gasteiger partial charge >= 0.3 is 0 Å². The predicted molar refractivity (Wildman–Crippen MR) is 52.1 cm³/mol. The van der Waals surface area contributed by atoms with Crippen molar-refractivity contribution in [3.63, 3.8) is 0 Å². The van der Waals surface area contributed by atoms with Gasteiger partial charge in [0.2, 0.25) is 0 Å². The Kier molecular flexibility index (Phi) is 1.84. The topological polar surface area (TPSA) is 3.24 Å². The van der Waals surface area contributed by atoms with E-state index in [1.54, 1.807) is 11.1 Å². The molecule has 1 atom stereocenters. The molecule has 1 unspecified atom stereocenters. The summed E-state index contributed by atoms with van der Waals surface area (Å²) in [5.74, 6) is 0.771. The zero-order chi connectivity index (χ0) is 8.72. The molecule has 0 spiro atoms. The second-order valence-corrected chi connectivity index (χ2v) is 4.19. The molecule has 1 heteroatoms. The average molecular weight is 163 g/mol. The zero-order valence-electron chi connectivity index (χ0n) is 8.22. The SMILES string of the molecule is CC1=CCC2=C1CN(C)CC2C. The van der Waals surface area contributed by atoms with Crippen LogP contribution in [0.3, 0.4) is 0 Å². The van der Waals surface area contributed by atoms with Crippen molar-refractivity contribution in [2.75, 3.05) is 20.1 Å². The number of allylic oxidation sites excluding steroid dienone is 1. The van der Waals surface area contributed by atoms with Crippen LogP contribution in [-0.4, -0.2) is 25.0 Å². The molecule has 0 aromatic heterocycles. The van der Waals surface area contributed by atoms with Crippen molar-refractivity contribution in [1.29, 1.82) is 0 Å². The van der Waals surface area contributed by atoms with Gasteiger partial charge in [-0.2, -0.15) is 0 Å². The Morgan fingerprint density at radius 3 is 3.00 bits per heavy atom. The standard InChI is InChI=1S/C11H17N/c1-8-4-5-10-9(2)6-12(3)7-11(8)10/h4,9H,5-7H2,1-3H3. The molecule has 0 aromatic carbocycles. The van der Waals surface area contributed by atoms with Gasteiger partial charge in [-0.3, -0.25) is 0 Å². The summed E-state index contributed by atoms with van der Waals surface area (Å²) >= 11 is 0. The lowest BCUT2D eigenvalue weighted by molar-refractivity contribution is 0.304. The monoisotopic (exact) mass is 163 g/mol. The molecule has 2 aliphatic rings. The van der Waals surface area contributed by atoms with E-state index < -0.39 is 0 Å². The van der Waals surface area contributed by atoms with Crippen molar-refractivity contribution in [2.24, 2.45) is 5.92 Å². The predicted octanol–water partition coefficient (Wildman–Crippen LogP) is 2.21. The molecule has 1 aliphatic heterocycles. The first kappa shape index (κ1) is 8.06. The Morgan fingerprint density at radius 1 is 1.50 bits per heavy atom. The quantitative estimate of drug-likeness (QED) is 0.529. The smallest absolute Gasteiger partial charge is 0.0233 e. The number of nitrogens with zero attached hydrogens (tertiary/aromatic N) is 1. The third-order valence-corrected chi connectivity index (χ3v) is 3.10. The van der Waals surface area contributed by atoms with Gasteiger partial charge in [-0.25, -0.2) is 0 Å². The molecule has 1 aliphatic carbocycles. The molecule has 2 rings (SSSR count). The van der Waals surface area contributed by atoms with E-state index in [0.29, 0.717) is 0 Å².